The number of nitrogens with zero attached hydrogens (tertiary/aromatic N) is 3. The summed E-state index contributed by atoms with van der Waals surface area (Å²) in [7, 11) is -3.32. The number of pyridine rings is 1. The van der Waals surface area contributed by atoms with E-state index >= 15 is 0 Å². The van der Waals surface area contributed by atoms with Gasteiger partial charge >= 0.3 is 0 Å². The van der Waals surface area contributed by atoms with Gasteiger partial charge in [0, 0.05) is 30.9 Å². The van der Waals surface area contributed by atoms with Gasteiger partial charge in [-0.1, -0.05) is 25.1 Å². The summed E-state index contributed by atoms with van der Waals surface area (Å²) in [6.07, 6.45) is 5.49. The van der Waals surface area contributed by atoms with Crippen molar-refractivity contribution in [3.05, 3.63) is 59.9 Å². The Labute approximate surface area is 152 Å². The number of nitrogens with one attached hydrogen (secondary N) is 1. The first kappa shape index (κ1) is 18.1. The SMILES string of the molecule is CCC(=O)N1N=C(c2ccc(NS(C)(=O)=O)cc2)C[C@H]1c1cccnc1. The van der Waals surface area contributed by atoms with E-state index in [-0.39, 0.29) is 11.9 Å². The van der Waals surface area contributed by atoms with E-state index < -0.39 is 10.0 Å². The smallest absolute Gasteiger partial charge is 0.242 e. The maximum atomic E-state index is 12.3. The Morgan fingerprint density at radius 1 is 1.27 bits per heavy atom. The van der Waals surface area contributed by atoms with Gasteiger partial charge in [0.15, 0.2) is 0 Å². The van der Waals surface area contributed by atoms with Gasteiger partial charge < -0.3 is 0 Å². The van der Waals surface area contributed by atoms with Crippen molar-refractivity contribution in [3.63, 3.8) is 0 Å². The molecule has 0 saturated carbocycles. The monoisotopic (exact) mass is 372 g/mol. The predicted octanol–water partition coefficient (Wildman–Crippen LogP) is 2.54. The summed E-state index contributed by atoms with van der Waals surface area (Å²) in [5.74, 6) is -0.0517. The van der Waals surface area contributed by atoms with Crippen LogP contribution in [0.3, 0.4) is 0 Å². The van der Waals surface area contributed by atoms with Crippen molar-refractivity contribution in [2.75, 3.05) is 11.0 Å². The molecule has 26 heavy (non-hydrogen) atoms. The lowest BCUT2D eigenvalue weighted by Gasteiger charge is -2.21. The molecule has 3 rings (SSSR count). The van der Waals surface area contributed by atoms with Gasteiger partial charge in [-0.2, -0.15) is 5.10 Å². The van der Waals surface area contributed by atoms with Crippen LogP contribution in [0.2, 0.25) is 0 Å². The minimum Gasteiger partial charge on any atom is -0.284 e. The van der Waals surface area contributed by atoms with E-state index in [4.69, 9.17) is 0 Å². The summed E-state index contributed by atoms with van der Waals surface area (Å²) >= 11 is 0. The van der Waals surface area contributed by atoms with Crippen LogP contribution in [0.25, 0.3) is 0 Å². The van der Waals surface area contributed by atoms with E-state index in [2.05, 4.69) is 14.8 Å². The zero-order valence-electron chi connectivity index (χ0n) is 14.6. The van der Waals surface area contributed by atoms with E-state index in [9.17, 15) is 13.2 Å². The number of hydrogen-bond acceptors (Lipinski definition) is 5. The molecule has 2 aromatic rings. The highest BCUT2D eigenvalue weighted by atomic mass is 32.2. The number of rotatable bonds is 5. The second kappa shape index (κ2) is 7.25. The third-order valence-corrected chi connectivity index (χ3v) is 4.67. The highest BCUT2D eigenvalue weighted by Gasteiger charge is 2.32. The maximum Gasteiger partial charge on any atom is 0.242 e. The number of carbonyl (C=O) groups excluding carboxylic acids is 1. The van der Waals surface area contributed by atoms with E-state index in [0.717, 1.165) is 23.1 Å². The fourth-order valence-electron chi connectivity index (χ4n) is 2.85. The molecule has 1 atom stereocenters. The molecule has 136 valence electrons. The summed E-state index contributed by atoms with van der Waals surface area (Å²) in [5, 5.41) is 6.05. The molecule has 0 spiro atoms. The van der Waals surface area contributed by atoms with Crippen molar-refractivity contribution in [1.82, 2.24) is 9.99 Å². The molecule has 1 aromatic carbocycles. The van der Waals surface area contributed by atoms with E-state index in [0.29, 0.717) is 18.5 Å². The zero-order chi connectivity index (χ0) is 18.7. The Morgan fingerprint density at radius 2 is 2.00 bits per heavy atom. The van der Waals surface area contributed by atoms with Gasteiger partial charge in [-0.25, -0.2) is 13.4 Å². The molecule has 2 heterocycles. The van der Waals surface area contributed by atoms with Crippen LogP contribution in [-0.4, -0.2) is 36.3 Å². The number of amides is 1. The molecule has 0 fully saturated rings. The Kier molecular flexibility index (Phi) is 5.03. The molecular formula is C18H20N4O3S. The van der Waals surface area contributed by atoms with Crippen LogP contribution in [-0.2, 0) is 14.8 Å². The molecule has 1 aliphatic heterocycles. The number of hydrazone groups is 1. The third kappa shape index (κ3) is 4.08. The first-order valence-corrected chi connectivity index (χ1v) is 10.1. The largest absolute Gasteiger partial charge is 0.284 e. The van der Waals surface area contributed by atoms with Crippen LogP contribution in [0.4, 0.5) is 5.69 Å². The molecule has 1 amide bonds. The lowest BCUT2D eigenvalue weighted by molar-refractivity contribution is -0.132. The Bertz CT molecular complexity index is 925. The topological polar surface area (TPSA) is 91.7 Å². The Hall–Kier alpha value is -2.74. The molecule has 1 aliphatic rings. The molecule has 0 radical (unpaired) electrons. The van der Waals surface area contributed by atoms with Gasteiger partial charge in [-0.3, -0.25) is 14.5 Å². The molecule has 0 bridgehead atoms. The van der Waals surface area contributed by atoms with Crippen LogP contribution in [0.5, 0.6) is 0 Å². The minimum absolute atomic E-state index is 0.0517. The average Bonchev–Trinajstić information content (AvgIpc) is 3.06. The second-order valence-corrected chi connectivity index (χ2v) is 7.84. The number of benzene rings is 1. The Morgan fingerprint density at radius 3 is 2.58 bits per heavy atom. The number of aromatic nitrogens is 1. The van der Waals surface area contributed by atoms with Crippen molar-refractivity contribution in [2.24, 2.45) is 5.10 Å². The lowest BCUT2D eigenvalue weighted by atomic mass is 9.99. The summed E-state index contributed by atoms with van der Waals surface area (Å²) in [5.41, 5.74) is 3.06. The number of sulfonamides is 1. The average molecular weight is 372 g/mol. The van der Waals surface area contributed by atoms with Crippen molar-refractivity contribution < 1.29 is 13.2 Å². The molecule has 1 aromatic heterocycles. The summed E-state index contributed by atoms with van der Waals surface area (Å²) < 4.78 is 25.0. The first-order chi connectivity index (χ1) is 12.4. The van der Waals surface area contributed by atoms with Crippen LogP contribution in [0.15, 0.2) is 53.9 Å². The first-order valence-electron chi connectivity index (χ1n) is 8.25. The highest BCUT2D eigenvalue weighted by Crippen LogP contribution is 2.33. The van der Waals surface area contributed by atoms with Crippen molar-refractivity contribution >= 4 is 27.3 Å². The van der Waals surface area contributed by atoms with Crippen molar-refractivity contribution in [1.29, 1.82) is 0 Å². The standard InChI is InChI=1S/C18H20N4O3S/c1-3-18(23)22-17(14-5-4-10-19-12-14)11-16(20-22)13-6-8-15(9-7-13)21-26(2,24)25/h4-10,12,17,21H,3,11H2,1-2H3/t17-/m0/s1. The molecule has 7 nitrogen and oxygen atoms in total. The summed E-state index contributed by atoms with van der Waals surface area (Å²) in [6, 6.07) is 10.6. The zero-order valence-corrected chi connectivity index (χ0v) is 15.4. The number of carbonyl (C=O) groups is 1. The molecular weight excluding hydrogens is 352 g/mol. The molecule has 1 N–H and O–H groups in total. The van der Waals surface area contributed by atoms with E-state index in [1.165, 1.54) is 5.01 Å². The van der Waals surface area contributed by atoms with Gasteiger partial charge in [0.2, 0.25) is 15.9 Å². The van der Waals surface area contributed by atoms with Gasteiger partial charge in [-0.05, 0) is 29.3 Å². The molecule has 8 heteroatoms. The number of anilines is 1. The van der Waals surface area contributed by atoms with Crippen LogP contribution >= 0.6 is 0 Å². The van der Waals surface area contributed by atoms with E-state index in [1.54, 1.807) is 36.7 Å². The third-order valence-electron chi connectivity index (χ3n) is 4.06. The highest BCUT2D eigenvalue weighted by molar-refractivity contribution is 7.92. The van der Waals surface area contributed by atoms with E-state index in [1.807, 2.05) is 19.1 Å². The van der Waals surface area contributed by atoms with Crippen LogP contribution < -0.4 is 4.72 Å². The maximum absolute atomic E-state index is 12.3. The lowest BCUT2D eigenvalue weighted by Crippen LogP contribution is -2.26. The van der Waals surface area contributed by atoms with Crippen molar-refractivity contribution in [3.8, 4) is 0 Å². The summed E-state index contributed by atoms with van der Waals surface area (Å²) in [4.78, 5) is 16.4. The normalized spacial score (nSPS) is 17.1. The Balaban J connectivity index is 1.87. The number of hydrogen-bond donors (Lipinski definition) is 1. The minimum atomic E-state index is -3.32. The van der Waals surface area contributed by atoms with Gasteiger partial charge in [-0.15, -0.1) is 0 Å². The van der Waals surface area contributed by atoms with Crippen LogP contribution in [0, 0.1) is 0 Å². The fourth-order valence-corrected chi connectivity index (χ4v) is 3.42. The quantitative estimate of drug-likeness (QED) is 0.873. The summed E-state index contributed by atoms with van der Waals surface area (Å²) in [6.45, 7) is 1.81. The fraction of sp³-hybridized carbons (Fsp3) is 0.278. The van der Waals surface area contributed by atoms with Gasteiger partial charge in [0.05, 0.1) is 18.0 Å². The second-order valence-electron chi connectivity index (χ2n) is 6.10. The van der Waals surface area contributed by atoms with Gasteiger partial charge in [0.1, 0.15) is 0 Å². The van der Waals surface area contributed by atoms with Gasteiger partial charge in [0.25, 0.3) is 0 Å². The molecule has 0 saturated heterocycles. The predicted molar refractivity (Wildman–Crippen MR) is 100 cm³/mol. The molecule has 0 aliphatic carbocycles. The van der Waals surface area contributed by atoms with Crippen LogP contribution in [0.1, 0.15) is 36.9 Å². The van der Waals surface area contributed by atoms with Crippen molar-refractivity contribution in [2.45, 2.75) is 25.8 Å². The molecule has 0 unspecified atom stereocenters.